The van der Waals surface area contributed by atoms with Gasteiger partial charge in [-0.15, -0.1) is 0 Å². The second kappa shape index (κ2) is 6.90. The lowest BCUT2D eigenvalue weighted by molar-refractivity contribution is -0.122. The molecule has 4 nitrogen and oxygen atoms in total. The molecule has 2 aliphatic rings. The highest BCUT2D eigenvalue weighted by Gasteiger charge is 2.29. The van der Waals surface area contributed by atoms with Crippen LogP contribution in [-0.4, -0.2) is 43.5 Å². The van der Waals surface area contributed by atoms with Crippen LogP contribution in [0.5, 0.6) is 0 Å². The summed E-state index contributed by atoms with van der Waals surface area (Å²) in [5, 5.41) is 3.18. The second-order valence-electron chi connectivity index (χ2n) is 7.38. The van der Waals surface area contributed by atoms with Crippen LogP contribution in [0.2, 0.25) is 0 Å². The molecule has 0 atom stereocenters. The van der Waals surface area contributed by atoms with Gasteiger partial charge in [0.1, 0.15) is 0 Å². The Labute approximate surface area is 123 Å². The quantitative estimate of drug-likeness (QED) is 0.825. The molecular formula is C16H31N3O. The topological polar surface area (TPSA) is 58.4 Å². The van der Waals surface area contributed by atoms with Gasteiger partial charge in [-0.25, -0.2) is 0 Å². The van der Waals surface area contributed by atoms with Crippen LogP contribution >= 0.6 is 0 Å². The molecule has 2 fully saturated rings. The minimum absolute atomic E-state index is 0.241. The number of hydrogen-bond acceptors (Lipinski definition) is 3. The average molecular weight is 281 g/mol. The monoisotopic (exact) mass is 281 g/mol. The van der Waals surface area contributed by atoms with E-state index in [2.05, 4.69) is 24.2 Å². The fourth-order valence-electron chi connectivity index (χ4n) is 3.37. The van der Waals surface area contributed by atoms with Crippen LogP contribution in [0.15, 0.2) is 0 Å². The van der Waals surface area contributed by atoms with Crippen molar-refractivity contribution in [2.24, 2.45) is 17.1 Å². The van der Waals surface area contributed by atoms with E-state index in [0.717, 1.165) is 45.3 Å². The van der Waals surface area contributed by atoms with Crippen LogP contribution in [0.25, 0.3) is 0 Å². The van der Waals surface area contributed by atoms with Gasteiger partial charge in [0, 0.05) is 19.0 Å². The summed E-state index contributed by atoms with van der Waals surface area (Å²) in [6, 6.07) is 0.368. The minimum Gasteiger partial charge on any atom is -0.356 e. The van der Waals surface area contributed by atoms with Crippen molar-refractivity contribution < 1.29 is 4.79 Å². The predicted octanol–water partition coefficient (Wildman–Crippen LogP) is 1.74. The first-order chi connectivity index (χ1) is 9.47. The van der Waals surface area contributed by atoms with E-state index in [-0.39, 0.29) is 11.3 Å². The van der Waals surface area contributed by atoms with Crippen molar-refractivity contribution in [3.63, 3.8) is 0 Å². The third kappa shape index (κ3) is 4.74. The standard InChI is InChI=1S/C16H31N3O/c1-16(7-9-19(2)10-8-16)12-18-15(20)11-13-3-5-14(17)6-4-13/h13-14H,3-12,17H2,1-2H3,(H,18,20). The molecule has 0 unspecified atom stereocenters. The number of nitrogens with two attached hydrogens (primary N) is 1. The Kier molecular flexibility index (Phi) is 5.44. The third-order valence-electron chi connectivity index (χ3n) is 5.27. The van der Waals surface area contributed by atoms with Gasteiger partial charge in [-0.3, -0.25) is 4.79 Å². The van der Waals surface area contributed by atoms with Crippen LogP contribution in [0.1, 0.15) is 51.9 Å². The van der Waals surface area contributed by atoms with E-state index in [1.165, 1.54) is 12.8 Å². The SMILES string of the molecule is CN1CCC(C)(CNC(=O)CC2CCC(N)CC2)CC1. The van der Waals surface area contributed by atoms with Gasteiger partial charge in [0.15, 0.2) is 0 Å². The first-order valence-electron chi connectivity index (χ1n) is 8.18. The van der Waals surface area contributed by atoms with Crippen molar-refractivity contribution in [2.75, 3.05) is 26.7 Å². The summed E-state index contributed by atoms with van der Waals surface area (Å²) in [5.41, 5.74) is 6.20. The van der Waals surface area contributed by atoms with Crippen molar-refractivity contribution in [3.05, 3.63) is 0 Å². The molecule has 1 saturated carbocycles. The number of nitrogens with one attached hydrogen (secondary N) is 1. The fraction of sp³-hybridized carbons (Fsp3) is 0.938. The summed E-state index contributed by atoms with van der Waals surface area (Å²) < 4.78 is 0. The summed E-state index contributed by atoms with van der Waals surface area (Å²) >= 11 is 0. The smallest absolute Gasteiger partial charge is 0.220 e. The molecule has 2 rings (SSSR count). The van der Waals surface area contributed by atoms with Crippen molar-refractivity contribution in [2.45, 2.75) is 57.9 Å². The molecule has 1 amide bonds. The van der Waals surface area contributed by atoms with E-state index in [1.807, 2.05) is 0 Å². The molecule has 20 heavy (non-hydrogen) atoms. The minimum atomic E-state index is 0.241. The summed E-state index contributed by atoms with van der Waals surface area (Å²) in [5.74, 6) is 0.797. The molecule has 4 heteroatoms. The maximum atomic E-state index is 12.1. The molecule has 1 saturated heterocycles. The Bertz CT molecular complexity index is 316. The molecule has 0 radical (unpaired) electrons. The normalized spacial score (nSPS) is 30.9. The van der Waals surface area contributed by atoms with Crippen molar-refractivity contribution >= 4 is 5.91 Å². The highest BCUT2D eigenvalue weighted by Crippen LogP contribution is 2.30. The Morgan fingerprint density at radius 1 is 1.25 bits per heavy atom. The zero-order valence-corrected chi connectivity index (χ0v) is 13.2. The number of hydrogen-bond donors (Lipinski definition) is 2. The lowest BCUT2D eigenvalue weighted by Gasteiger charge is -2.38. The van der Waals surface area contributed by atoms with Gasteiger partial charge in [-0.05, 0) is 70.0 Å². The maximum absolute atomic E-state index is 12.1. The number of likely N-dealkylation sites (tertiary alicyclic amines) is 1. The van der Waals surface area contributed by atoms with Gasteiger partial charge in [0.2, 0.25) is 5.91 Å². The average Bonchev–Trinajstić information content (AvgIpc) is 2.43. The van der Waals surface area contributed by atoms with Crippen molar-refractivity contribution in [1.82, 2.24) is 10.2 Å². The summed E-state index contributed by atoms with van der Waals surface area (Å²) in [4.78, 5) is 14.5. The zero-order chi connectivity index (χ0) is 14.6. The van der Waals surface area contributed by atoms with Gasteiger partial charge < -0.3 is 16.0 Å². The maximum Gasteiger partial charge on any atom is 0.220 e. The summed E-state index contributed by atoms with van der Waals surface area (Å²) in [7, 11) is 2.17. The summed E-state index contributed by atoms with van der Waals surface area (Å²) in [6.45, 7) is 5.44. The van der Waals surface area contributed by atoms with Crippen LogP contribution in [0, 0.1) is 11.3 Å². The van der Waals surface area contributed by atoms with Gasteiger partial charge in [-0.1, -0.05) is 6.92 Å². The Hall–Kier alpha value is -0.610. The molecule has 1 aliphatic heterocycles. The van der Waals surface area contributed by atoms with E-state index in [1.54, 1.807) is 0 Å². The fourth-order valence-corrected chi connectivity index (χ4v) is 3.37. The van der Waals surface area contributed by atoms with Crippen LogP contribution in [-0.2, 0) is 4.79 Å². The number of carbonyl (C=O) groups excluding carboxylic acids is 1. The van der Waals surface area contributed by atoms with E-state index in [4.69, 9.17) is 5.73 Å². The Balaban J connectivity index is 1.67. The van der Waals surface area contributed by atoms with Gasteiger partial charge in [0.25, 0.3) is 0 Å². The van der Waals surface area contributed by atoms with E-state index >= 15 is 0 Å². The summed E-state index contributed by atoms with van der Waals surface area (Å²) in [6.07, 6.45) is 7.48. The number of amides is 1. The molecule has 1 aliphatic carbocycles. The highest BCUT2D eigenvalue weighted by molar-refractivity contribution is 5.76. The number of nitrogens with zero attached hydrogens (tertiary/aromatic N) is 1. The number of carbonyl (C=O) groups is 1. The van der Waals surface area contributed by atoms with E-state index in [0.29, 0.717) is 18.4 Å². The molecule has 116 valence electrons. The first kappa shape index (κ1) is 15.8. The predicted molar refractivity (Wildman–Crippen MR) is 82.4 cm³/mol. The van der Waals surface area contributed by atoms with Crippen molar-refractivity contribution in [3.8, 4) is 0 Å². The van der Waals surface area contributed by atoms with E-state index in [9.17, 15) is 4.79 Å². The molecule has 0 aromatic heterocycles. The second-order valence-corrected chi connectivity index (χ2v) is 7.38. The largest absolute Gasteiger partial charge is 0.356 e. The first-order valence-corrected chi connectivity index (χ1v) is 8.18. The lowest BCUT2D eigenvalue weighted by Crippen LogP contribution is -2.43. The highest BCUT2D eigenvalue weighted by atomic mass is 16.1. The van der Waals surface area contributed by atoms with Gasteiger partial charge in [-0.2, -0.15) is 0 Å². The van der Waals surface area contributed by atoms with Crippen LogP contribution in [0.3, 0.4) is 0 Å². The van der Waals surface area contributed by atoms with Gasteiger partial charge in [0.05, 0.1) is 0 Å². The lowest BCUT2D eigenvalue weighted by atomic mass is 9.80. The molecule has 0 aromatic rings. The van der Waals surface area contributed by atoms with E-state index < -0.39 is 0 Å². The van der Waals surface area contributed by atoms with Crippen LogP contribution in [0.4, 0.5) is 0 Å². The molecule has 0 bridgehead atoms. The molecule has 3 N–H and O–H groups in total. The molecule has 1 heterocycles. The Morgan fingerprint density at radius 3 is 2.45 bits per heavy atom. The van der Waals surface area contributed by atoms with Crippen LogP contribution < -0.4 is 11.1 Å². The zero-order valence-electron chi connectivity index (χ0n) is 13.2. The van der Waals surface area contributed by atoms with Gasteiger partial charge >= 0.3 is 0 Å². The number of piperidine rings is 1. The third-order valence-corrected chi connectivity index (χ3v) is 5.27. The number of rotatable bonds is 4. The molecule has 0 aromatic carbocycles. The molecule has 0 spiro atoms. The Morgan fingerprint density at radius 2 is 1.85 bits per heavy atom. The van der Waals surface area contributed by atoms with Crippen molar-refractivity contribution in [1.29, 1.82) is 0 Å². The molecular weight excluding hydrogens is 250 g/mol.